The number of hydrogen-bond donors (Lipinski definition) is 1. The Bertz CT molecular complexity index is 618. The third-order valence-corrected chi connectivity index (χ3v) is 2.81. The van der Waals surface area contributed by atoms with Crippen molar-refractivity contribution >= 4 is 17.5 Å². The zero-order valence-corrected chi connectivity index (χ0v) is 12.6. The van der Waals surface area contributed by atoms with Crippen molar-refractivity contribution in [2.75, 3.05) is 0 Å². The van der Waals surface area contributed by atoms with Gasteiger partial charge in [0.25, 0.3) is 5.91 Å². The molecule has 0 fully saturated rings. The lowest BCUT2D eigenvalue weighted by atomic mass is 10.2. The topological polar surface area (TPSA) is 64.1 Å². The highest BCUT2D eigenvalue weighted by Crippen LogP contribution is 2.18. The Balaban J connectivity index is 2.08. The number of halogens is 1. The number of nitrogens with one attached hydrogen (secondary N) is 1. The van der Waals surface area contributed by atoms with Crippen LogP contribution in [-0.2, 0) is 6.54 Å². The SMILES string of the molecule is CC(C)Oc1nnc(Cl)cc1CNC(=O)c1ccccc1. The highest BCUT2D eigenvalue weighted by Gasteiger charge is 2.11. The molecular formula is C15H16ClN3O2. The average Bonchev–Trinajstić information content (AvgIpc) is 2.47. The number of carbonyl (C=O) groups is 1. The van der Waals surface area contributed by atoms with Crippen molar-refractivity contribution in [2.24, 2.45) is 0 Å². The first-order chi connectivity index (χ1) is 10.1. The van der Waals surface area contributed by atoms with Gasteiger partial charge in [0.15, 0.2) is 5.15 Å². The van der Waals surface area contributed by atoms with Crippen LogP contribution in [0.4, 0.5) is 0 Å². The molecule has 5 nitrogen and oxygen atoms in total. The average molecular weight is 306 g/mol. The maximum Gasteiger partial charge on any atom is 0.251 e. The lowest BCUT2D eigenvalue weighted by molar-refractivity contribution is 0.0950. The van der Waals surface area contributed by atoms with E-state index in [2.05, 4.69) is 15.5 Å². The Morgan fingerprint density at radius 1 is 1.29 bits per heavy atom. The molecule has 0 spiro atoms. The van der Waals surface area contributed by atoms with Crippen LogP contribution in [0.15, 0.2) is 36.4 Å². The van der Waals surface area contributed by atoms with Crippen LogP contribution in [0.1, 0.15) is 29.8 Å². The second kappa shape index (κ2) is 7.04. The molecular weight excluding hydrogens is 290 g/mol. The number of aromatic nitrogens is 2. The third kappa shape index (κ3) is 4.43. The fourth-order valence-electron chi connectivity index (χ4n) is 1.71. The van der Waals surface area contributed by atoms with Crippen LogP contribution in [0.5, 0.6) is 5.88 Å². The first-order valence-corrected chi connectivity index (χ1v) is 6.96. The van der Waals surface area contributed by atoms with Crippen LogP contribution in [0.3, 0.4) is 0 Å². The summed E-state index contributed by atoms with van der Waals surface area (Å²) >= 11 is 5.84. The molecule has 2 rings (SSSR count). The molecule has 0 bridgehead atoms. The normalized spacial score (nSPS) is 10.5. The second-order valence-corrected chi connectivity index (χ2v) is 5.10. The van der Waals surface area contributed by atoms with Crippen LogP contribution in [-0.4, -0.2) is 22.2 Å². The molecule has 0 radical (unpaired) electrons. The van der Waals surface area contributed by atoms with E-state index in [-0.39, 0.29) is 23.7 Å². The van der Waals surface area contributed by atoms with Gasteiger partial charge in [0.2, 0.25) is 5.88 Å². The van der Waals surface area contributed by atoms with Gasteiger partial charge < -0.3 is 10.1 Å². The quantitative estimate of drug-likeness (QED) is 0.922. The van der Waals surface area contributed by atoms with E-state index < -0.39 is 0 Å². The molecule has 110 valence electrons. The van der Waals surface area contributed by atoms with E-state index in [9.17, 15) is 4.79 Å². The molecule has 0 saturated heterocycles. The standard InChI is InChI=1S/C15H16ClN3O2/c1-10(2)21-15-12(8-13(16)18-19-15)9-17-14(20)11-6-4-3-5-7-11/h3-8,10H,9H2,1-2H3,(H,17,20). The molecule has 0 atom stereocenters. The van der Waals surface area contributed by atoms with Crippen molar-refractivity contribution in [3.05, 3.63) is 52.7 Å². The van der Waals surface area contributed by atoms with Crippen LogP contribution < -0.4 is 10.1 Å². The summed E-state index contributed by atoms with van der Waals surface area (Å²) in [5, 5.41) is 10.7. The van der Waals surface area contributed by atoms with Crippen molar-refractivity contribution in [1.82, 2.24) is 15.5 Å². The van der Waals surface area contributed by atoms with Crippen molar-refractivity contribution in [3.8, 4) is 5.88 Å². The van der Waals surface area contributed by atoms with E-state index in [4.69, 9.17) is 16.3 Å². The van der Waals surface area contributed by atoms with E-state index in [0.717, 1.165) is 0 Å². The second-order valence-electron chi connectivity index (χ2n) is 4.71. The molecule has 6 heteroatoms. The number of benzene rings is 1. The molecule has 0 aliphatic rings. The Labute approximate surface area is 128 Å². The van der Waals surface area contributed by atoms with E-state index in [0.29, 0.717) is 17.0 Å². The zero-order valence-electron chi connectivity index (χ0n) is 11.8. The number of ether oxygens (including phenoxy) is 1. The smallest absolute Gasteiger partial charge is 0.251 e. The van der Waals surface area contributed by atoms with Crippen molar-refractivity contribution < 1.29 is 9.53 Å². The first-order valence-electron chi connectivity index (χ1n) is 6.58. The van der Waals surface area contributed by atoms with Gasteiger partial charge in [-0.15, -0.1) is 10.2 Å². The molecule has 0 aliphatic heterocycles. The summed E-state index contributed by atoms with van der Waals surface area (Å²) in [6, 6.07) is 10.6. The predicted molar refractivity (Wildman–Crippen MR) is 80.4 cm³/mol. The van der Waals surface area contributed by atoms with Gasteiger partial charge in [0.1, 0.15) is 0 Å². The fraction of sp³-hybridized carbons (Fsp3) is 0.267. The van der Waals surface area contributed by atoms with Gasteiger partial charge >= 0.3 is 0 Å². The van der Waals surface area contributed by atoms with Crippen LogP contribution in [0.25, 0.3) is 0 Å². The van der Waals surface area contributed by atoms with Gasteiger partial charge in [0.05, 0.1) is 6.10 Å². The molecule has 1 amide bonds. The minimum Gasteiger partial charge on any atom is -0.474 e. The summed E-state index contributed by atoms with van der Waals surface area (Å²) in [5.74, 6) is 0.210. The monoisotopic (exact) mass is 305 g/mol. The van der Waals surface area contributed by atoms with E-state index in [1.54, 1.807) is 18.2 Å². The summed E-state index contributed by atoms with van der Waals surface area (Å²) in [5.41, 5.74) is 1.28. The Kier molecular flexibility index (Phi) is 5.11. The Hall–Kier alpha value is -2.14. The van der Waals surface area contributed by atoms with Gasteiger partial charge in [-0.3, -0.25) is 4.79 Å². The largest absolute Gasteiger partial charge is 0.474 e. The Morgan fingerprint density at radius 2 is 2.00 bits per heavy atom. The van der Waals surface area contributed by atoms with Crippen LogP contribution in [0.2, 0.25) is 5.15 Å². The number of hydrogen-bond acceptors (Lipinski definition) is 4. The number of amides is 1. The van der Waals surface area contributed by atoms with Gasteiger partial charge in [-0.1, -0.05) is 29.8 Å². The molecule has 1 N–H and O–H groups in total. The van der Waals surface area contributed by atoms with E-state index in [1.165, 1.54) is 0 Å². The first kappa shape index (κ1) is 15.3. The van der Waals surface area contributed by atoms with Crippen LogP contribution >= 0.6 is 11.6 Å². The molecule has 1 aromatic heterocycles. The zero-order chi connectivity index (χ0) is 15.2. The summed E-state index contributed by atoms with van der Waals surface area (Å²) in [4.78, 5) is 12.0. The molecule has 0 aliphatic carbocycles. The van der Waals surface area contributed by atoms with Gasteiger partial charge in [0, 0.05) is 17.7 Å². The summed E-state index contributed by atoms with van der Waals surface area (Å²) < 4.78 is 5.55. The van der Waals surface area contributed by atoms with E-state index in [1.807, 2.05) is 32.0 Å². The minimum atomic E-state index is -0.168. The summed E-state index contributed by atoms with van der Waals surface area (Å²) in [7, 11) is 0. The number of rotatable bonds is 5. The lowest BCUT2D eigenvalue weighted by Crippen LogP contribution is -2.23. The molecule has 2 aromatic rings. The highest BCUT2D eigenvalue weighted by molar-refractivity contribution is 6.29. The maximum atomic E-state index is 12.0. The third-order valence-electron chi connectivity index (χ3n) is 2.63. The van der Waals surface area contributed by atoms with E-state index >= 15 is 0 Å². The molecule has 21 heavy (non-hydrogen) atoms. The lowest BCUT2D eigenvalue weighted by Gasteiger charge is -2.13. The maximum absolute atomic E-state index is 12.0. The molecule has 0 saturated carbocycles. The minimum absolute atomic E-state index is 0.0379. The van der Waals surface area contributed by atoms with Crippen LogP contribution in [0, 0.1) is 0 Å². The number of carbonyl (C=O) groups excluding carboxylic acids is 1. The fourth-order valence-corrected chi connectivity index (χ4v) is 1.88. The highest BCUT2D eigenvalue weighted by atomic mass is 35.5. The van der Waals surface area contributed by atoms with Gasteiger partial charge in [-0.2, -0.15) is 0 Å². The summed E-state index contributed by atoms with van der Waals surface area (Å²) in [6.45, 7) is 4.05. The number of nitrogens with zero attached hydrogens (tertiary/aromatic N) is 2. The molecule has 0 unspecified atom stereocenters. The summed E-state index contributed by atoms with van der Waals surface area (Å²) in [6.07, 6.45) is -0.0379. The molecule has 1 aromatic carbocycles. The van der Waals surface area contributed by atoms with Crippen molar-refractivity contribution in [2.45, 2.75) is 26.5 Å². The van der Waals surface area contributed by atoms with Crippen molar-refractivity contribution in [3.63, 3.8) is 0 Å². The van der Waals surface area contributed by atoms with Crippen molar-refractivity contribution in [1.29, 1.82) is 0 Å². The Morgan fingerprint density at radius 3 is 2.67 bits per heavy atom. The molecule has 1 heterocycles. The predicted octanol–water partition coefficient (Wildman–Crippen LogP) is 2.85. The van der Waals surface area contributed by atoms with Gasteiger partial charge in [-0.05, 0) is 32.0 Å². The van der Waals surface area contributed by atoms with Gasteiger partial charge in [-0.25, -0.2) is 0 Å².